The van der Waals surface area contributed by atoms with Gasteiger partial charge in [-0.05, 0) is 44.7 Å². The molecule has 1 aliphatic carbocycles. The van der Waals surface area contributed by atoms with Gasteiger partial charge in [0.25, 0.3) is 0 Å². The van der Waals surface area contributed by atoms with Crippen molar-refractivity contribution in [1.82, 2.24) is 15.3 Å². The molecular formula is C25H31N5O3. The Morgan fingerprint density at radius 2 is 1.88 bits per heavy atom. The SMILES string of the molecule is CCOC(=O)C1CCCN(c2nc3ccccc3nc2C(C#N)C(=O)NC2CCCCC2)C1. The van der Waals surface area contributed by atoms with E-state index in [4.69, 9.17) is 14.7 Å². The molecule has 2 aliphatic rings. The second-order valence-corrected chi connectivity index (χ2v) is 8.86. The first kappa shape index (κ1) is 23.0. The van der Waals surface area contributed by atoms with E-state index in [1.807, 2.05) is 29.2 Å². The maximum absolute atomic E-state index is 13.2. The zero-order chi connectivity index (χ0) is 23.2. The minimum Gasteiger partial charge on any atom is -0.466 e. The first-order chi connectivity index (χ1) is 16.1. The summed E-state index contributed by atoms with van der Waals surface area (Å²) < 4.78 is 5.24. The van der Waals surface area contributed by atoms with Crippen LogP contribution in [0.5, 0.6) is 0 Å². The van der Waals surface area contributed by atoms with E-state index in [-0.39, 0.29) is 23.8 Å². The molecule has 8 nitrogen and oxygen atoms in total. The average molecular weight is 450 g/mol. The van der Waals surface area contributed by atoms with Gasteiger partial charge in [0.15, 0.2) is 11.7 Å². The highest BCUT2D eigenvalue weighted by Crippen LogP contribution is 2.31. The largest absolute Gasteiger partial charge is 0.466 e. The second kappa shape index (κ2) is 10.6. The van der Waals surface area contributed by atoms with Gasteiger partial charge in [-0.25, -0.2) is 9.97 Å². The summed E-state index contributed by atoms with van der Waals surface area (Å²) in [6.45, 7) is 3.25. The number of anilines is 1. The summed E-state index contributed by atoms with van der Waals surface area (Å²) in [7, 11) is 0. The van der Waals surface area contributed by atoms with Gasteiger partial charge in [0.1, 0.15) is 5.69 Å². The number of rotatable bonds is 6. The number of hydrogen-bond donors (Lipinski definition) is 1. The van der Waals surface area contributed by atoms with Gasteiger partial charge in [-0.3, -0.25) is 9.59 Å². The Bertz CT molecular complexity index is 1040. The van der Waals surface area contributed by atoms with E-state index < -0.39 is 5.92 Å². The van der Waals surface area contributed by atoms with Gasteiger partial charge in [0, 0.05) is 19.1 Å². The lowest BCUT2D eigenvalue weighted by atomic mass is 9.94. The molecule has 0 spiro atoms. The summed E-state index contributed by atoms with van der Waals surface area (Å²) in [5, 5.41) is 13.1. The number of para-hydroxylation sites is 2. The molecule has 1 aliphatic heterocycles. The topological polar surface area (TPSA) is 108 Å². The maximum atomic E-state index is 13.2. The normalized spacial score (nSPS) is 20.1. The highest BCUT2D eigenvalue weighted by atomic mass is 16.5. The van der Waals surface area contributed by atoms with E-state index in [2.05, 4.69) is 11.4 Å². The van der Waals surface area contributed by atoms with Crippen molar-refractivity contribution in [3.05, 3.63) is 30.0 Å². The third kappa shape index (κ3) is 5.24. The number of benzene rings is 1. The Morgan fingerprint density at radius 1 is 1.15 bits per heavy atom. The number of nitriles is 1. The lowest BCUT2D eigenvalue weighted by molar-refractivity contribution is -0.148. The fourth-order valence-corrected chi connectivity index (χ4v) is 4.83. The highest BCUT2D eigenvalue weighted by Gasteiger charge is 2.34. The molecule has 0 radical (unpaired) electrons. The Hall–Kier alpha value is -3.21. The molecule has 1 N–H and O–H groups in total. The van der Waals surface area contributed by atoms with Crippen molar-refractivity contribution >= 4 is 28.7 Å². The molecule has 2 aromatic rings. The number of hydrogen-bond acceptors (Lipinski definition) is 7. The number of aromatic nitrogens is 2. The Balaban J connectivity index is 1.67. The molecule has 1 aromatic heterocycles. The van der Waals surface area contributed by atoms with Gasteiger partial charge < -0.3 is 15.0 Å². The van der Waals surface area contributed by atoms with Crippen LogP contribution in [0.2, 0.25) is 0 Å². The van der Waals surface area contributed by atoms with Gasteiger partial charge >= 0.3 is 5.97 Å². The number of nitrogens with one attached hydrogen (secondary N) is 1. The molecule has 2 unspecified atom stereocenters. The molecule has 1 saturated carbocycles. The van der Waals surface area contributed by atoms with E-state index in [1.54, 1.807) is 6.92 Å². The number of fused-ring (bicyclic) bond motifs is 1. The average Bonchev–Trinajstić information content (AvgIpc) is 2.85. The van der Waals surface area contributed by atoms with Gasteiger partial charge in [-0.2, -0.15) is 5.26 Å². The van der Waals surface area contributed by atoms with Crippen molar-refractivity contribution < 1.29 is 14.3 Å². The molecule has 8 heteroatoms. The summed E-state index contributed by atoms with van der Waals surface area (Å²) in [5.41, 5.74) is 1.69. The molecule has 2 heterocycles. The smallest absolute Gasteiger partial charge is 0.310 e. The third-order valence-corrected chi connectivity index (χ3v) is 6.54. The predicted molar refractivity (Wildman–Crippen MR) is 124 cm³/mol. The standard InChI is InChI=1S/C25H31N5O3/c1-2-33-25(32)17-9-8-14-30(16-17)23-22(28-20-12-6-7-13-21(20)29-23)19(15-26)24(31)27-18-10-4-3-5-11-18/h6-7,12-13,17-19H,2-5,8-11,14,16H2,1H3,(H,27,31). The molecule has 33 heavy (non-hydrogen) atoms. The van der Waals surface area contributed by atoms with E-state index in [1.165, 1.54) is 6.42 Å². The van der Waals surface area contributed by atoms with Crippen LogP contribution in [-0.4, -0.2) is 47.6 Å². The van der Waals surface area contributed by atoms with E-state index in [0.717, 1.165) is 38.5 Å². The number of nitrogens with zero attached hydrogens (tertiary/aromatic N) is 4. The van der Waals surface area contributed by atoms with Crippen molar-refractivity contribution in [2.24, 2.45) is 5.92 Å². The lowest BCUT2D eigenvalue weighted by Gasteiger charge is -2.34. The summed E-state index contributed by atoms with van der Waals surface area (Å²) in [6, 6.07) is 9.72. The zero-order valence-electron chi connectivity index (χ0n) is 19.1. The quantitative estimate of drug-likeness (QED) is 0.673. The van der Waals surface area contributed by atoms with Crippen molar-refractivity contribution in [3.8, 4) is 6.07 Å². The zero-order valence-corrected chi connectivity index (χ0v) is 19.1. The number of carbonyl (C=O) groups excluding carboxylic acids is 2. The van der Waals surface area contributed by atoms with Crippen molar-refractivity contribution in [2.45, 2.75) is 63.8 Å². The van der Waals surface area contributed by atoms with E-state index >= 15 is 0 Å². The Morgan fingerprint density at radius 3 is 2.58 bits per heavy atom. The number of piperidine rings is 1. The maximum Gasteiger partial charge on any atom is 0.310 e. The lowest BCUT2D eigenvalue weighted by Crippen LogP contribution is -2.42. The van der Waals surface area contributed by atoms with Gasteiger partial charge in [-0.1, -0.05) is 31.4 Å². The van der Waals surface area contributed by atoms with Crippen LogP contribution in [0.15, 0.2) is 24.3 Å². The molecule has 2 fully saturated rings. The first-order valence-corrected chi connectivity index (χ1v) is 12.0. The molecule has 174 valence electrons. The minimum absolute atomic E-state index is 0.0992. The van der Waals surface area contributed by atoms with Crippen LogP contribution in [0.25, 0.3) is 11.0 Å². The van der Waals surface area contributed by atoms with Crippen LogP contribution in [0.3, 0.4) is 0 Å². The molecule has 1 amide bonds. The van der Waals surface area contributed by atoms with Gasteiger partial charge in [-0.15, -0.1) is 0 Å². The number of ether oxygens (including phenoxy) is 1. The van der Waals surface area contributed by atoms with Crippen LogP contribution >= 0.6 is 0 Å². The monoisotopic (exact) mass is 449 g/mol. The third-order valence-electron chi connectivity index (χ3n) is 6.54. The number of amides is 1. The van der Waals surface area contributed by atoms with Crippen LogP contribution in [0.4, 0.5) is 5.82 Å². The minimum atomic E-state index is -1.07. The van der Waals surface area contributed by atoms with Crippen LogP contribution in [-0.2, 0) is 14.3 Å². The van der Waals surface area contributed by atoms with Gasteiger partial charge in [0.05, 0.1) is 29.6 Å². The Kier molecular flexibility index (Phi) is 7.38. The molecular weight excluding hydrogens is 418 g/mol. The van der Waals surface area contributed by atoms with E-state index in [9.17, 15) is 14.9 Å². The Labute approximate surface area is 194 Å². The van der Waals surface area contributed by atoms with Crippen LogP contribution in [0, 0.1) is 17.2 Å². The number of esters is 1. The van der Waals surface area contributed by atoms with Crippen LogP contribution in [0.1, 0.15) is 63.5 Å². The van der Waals surface area contributed by atoms with E-state index in [0.29, 0.717) is 42.2 Å². The molecule has 1 saturated heterocycles. The summed E-state index contributed by atoms with van der Waals surface area (Å²) in [4.78, 5) is 37.1. The van der Waals surface area contributed by atoms with Crippen molar-refractivity contribution in [3.63, 3.8) is 0 Å². The predicted octanol–water partition coefficient (Wildman–Crippen LogP) is 3.47. The van der Waals surface area contributed by atoms with Crippen molar-refractivity contribution in [1.29, 1.82) is 5.26 Å². The molecule has 1 aromatic carbocycles. The summed E-state index contributed by atoms with van der Waals surface area (Å²) >= 11 is 0. The van der Waals surface area contributed by atoms with Crippen LogP contribution < -0.4 is 10.2 Å². The highest BCUT2D eigenvalue weighted by molar-refractivity contribution is 5.89. The molecule has 4 rings (SSSR count). The molecule has 2 atom stereocenters. The fraction of sp³-hybridized carbons (Fsp3) is 0.560. The fourth-order valence-electron chi connectivity index (χ4n) is 4.83. The van der Waals surface area contributed by atoms with Gasteiger partial charge in [0.2, 0.25) is 5.91 Å². The number of carbonyl (C=O) groups is 2. The summed E-state index contributed by atoms with van der Waals surface area (Å²) in [6.07, 6.45) is 6.78. The molecule has 0 bridgehead atoms. The first-order valence-electron chi connectivity index (χ1n) is 12.0. The second-order valence-electron chi connectivity index (χ2n) is 8.86. The summed E-state index contributed by atoms with van der Waals surface area (Å²) in [5.74, 6) is -1.37. The van der Waals surface area contributed by atoms with Crippen molar-refractivity contribution in [2.75, 3.05) is 24.6 Å².